The van der Waals surface area contributed by atoms with Crippen molar-refractivity contribution in [1.29, 1.82) is 0 Å². The quantitative estimate of drug-likeness (QED) is 0.829. The van der Waals surface area contributed by atoms with Crippen molar-refractivity contribution in [3.63, 3.8) is 0 Å². The predicted octanol–water partition coefficient (Wildman–Crippen LogP) is 2.36. The second-order valence-corrected chi connectivity index (χ2v) is 6.85. The number of amides is 2. The van der Waals surface area contributed by atoms with E-state index in [1.54, 1.807) is 48.5 Å². The highest BCUT2D eigenvalue weighted by atomic mass is 35.5. The first-order valence-corrected chi connectivity index (χ1v) is 8.97. The van der Waals surface area contributed by atoms with E-state index in [0.29, 0.717) is 16.3 Å². The van der Waals surface area contributed by atoms with Gasteiger partial charge in [0, 0.05) is 17.8 Å². The summed E-state index contributed by atoms with van der Waals surface area (Å²) in [6, 6.07) is 15.0. The molecule has 8 heteroatoms. The molecule has 146 valence electrons. The Hall–Kier alpha value is -2.90. The Bertz CT molecular complexity index is 872. The summed E-state index contributed by atoms with van der Waals surface area (Å²) in [5, 5.41) is 9.52. The zero-order chi connectivity index (χ0) is 20.3. The molecule has 2 atom stereocenters. The average Bonchev–Trinajstić information content (AvgIpc) is 2.68. The van der Waals surface area contributed by atoms with Crippen molar-refractivity contribution in [2.75, 3.05) is 25.1 Å². The number of anilines is 1. The van der Waals surface area contributed by atoms with Gasteiger partial charge in [0.1, 0.15) is 13.2 Å². The van der Waals surface area contributed by atoms with Crippen LogP contribution in [0.5, 0.6) is 0 Å². The molecule has 2 aromatic rings. The first-order chi connectivity index (χ1) is 13.4. The molecule has 7 nitrogen and oxygen atoms in total. The molecule has 2 amide bonds. The number of hydrogen-bond acceptors (Lipinski definition) is 4. The normalized spacial score (nSPS) is 19.4. The summed E-state index contributed by atoms with van der Waals surface area (Å²) >= 11 is 5.96. The van der Waals surface area contributed by atoms with Gasteiger partial charge in [-0.15, -0.1) is 0 Å². The molecule has 28 heavy (non-hydrogen) atoms. The number of morpholine rings is 1. The molecular weight excluding hydrogens is 384 g/mol. The van der Waals surface area contributed by atoms with Crippen LogP contribution in [0, 0.1) is 0 Å². The maximum absolute atomic E-state index is 12.9. The van der Waals surface area contributed by atoms with Crippen LogP contribution in [-0.4, -0.2) is 54.1 Å². The van der Waals surface area contributed by atoms with Crippen molar-refractivity contribution >= 4 is 35.1 Å². The van der Waals surface area contributed by atoms with Crippen LogP contribution in [0.1, 0.15) is 11.6 Å². The third kappa shape index (κ3) is 4.16. The number of rotatable bonds is 5. The lowest BCUT2D eigenvalue weighted by Crippen LogP contribution is -2.55. The summed E-state index contributed by atoms with van der Waals surface area (Å²) in [5.74, 6) is -1.95. The topological polar surface area (TPSA) is 87.1 Å². The monoisotopic (exact) mass is 402 g/mol. The maximum Gasteiger partial charge on any atom is 0.323 e. The standard InChI is InChI=1S/C20H19ClN2O5/c1-22(11-17(25)26)20(27)19-18(13-5-3-2-4-6-13)23(16(24)12-28-19)15-9-7-14(21)8-10-15/h2-10,18-19H,11-12H2,1H3,(H,25,26)/t18-,19-/m1/s1. The van der Waals surface area contributed by atoms with Gasteiger partial charge < -0.3 is 14.7 Å². The Labute approximate surface area is 167 Å². The van der Waals surface area contributed by atoms with Gasteiger partial charge in [0.15, 0.2) is 6.10 Å². The Kier molecular flexibility index (Phi) is 5.96. The highest BCUT2D eigenvalue weighted by molar-refractivity contribution is 6.30. The van der Waals surface area contributed by atoms with Crippen molar-refractivity contribution in [1.82, 2.24) is 4.90 Å². The third-order valence-electron chi connectivity index (χ3n) is 4.46. The molecule has 1 N–H and O–H groups in total. The third-order valence-corrected chi connectivity index (χ3v) is 4.71. The number of ether oxygens (including phenoxy) is 1. The van der Waals surface area contributed by atoms with E-state index in [0.717, 1.165) is 4.90 Å². The highest BCUT2D eigenvalue weighted by Crippen LogP contribution is 2.35. The van der Waals surface area contributed by atoms with Gasteiger partial charge in [0.25, 0.3) is 11.8 Å². The molecule has 0 spiro atoms. The fourth-order valence-electron chi connectivity index (χ4n) is 3.20. The lowest BCUT2D eigenvalue weighted by atomic mass is 9.96. The van der Waals surface area contributed by atoms with E-state index >= 15 is 0 Å². The van der Waals surface area contributed by atoms with E-state index in [1.165, 1.54) is 11.9 Å². The van der Waals surface area contributed by atoms with E-state index < -0.39 is 30.6 Å². The molecule has 0 radical (unpaired) electrons. The molecule has 0 unspecified atom stereocenters. The second kappa shape index (κ2) is 8.41. The van der Waals surface area contributed by atoms with Crippen LogP contribution in [0.25, 0.3) is 0 Å². The minimum Gasteiger partial charge on any atom is -0.480 e. The summed E-state index contributed by atoms with van der Waals surface area (Å²) in [6.45, 7) is -0.752. The number of benzene rings is 2. The smallest absolute Gasteiger partial charge is 0.323 e. The minimum atomic E-state index is -1.13. The number of carbonyl (C=O) groups excluding carboxylic acids is 2. The molecule has 1 aliphatic heterocycles. The van der Waals surface area contributed by atoms with Crippen LogP contribution in [0.4, 0.5) is 5.69 Å². The summed E-state index contributed by atoms with van der Waals surface area (Å²) in [5.41, 5.74) is 1.28. The molecule has 1 fully saturated rings. The number of carboxylic acids is 1. The lowest BCUT2D eigenvalue weighted by molar-refractivity contribution is -0.155. The molecular formula is C20H19ClN2O5. The fourth-order valence-corrected chi connectivity index (χ4v) is 3.32. The molecule has 0 aliphatic carbocycles. The number of halogens is 1. The molecule has 1 heterocycles. The zero-order valence-electron chi connectivity index (χ0n) is 15.1. The van der Waals surface area contributed by atoms with Crippen LogP contribution >= 0.6 is 11.6 Å². The van der Waals surface area contributed by atoms with Gasteiger partial charge in [-0.05, 0) is 29.8 Å². The van der Waals surface area contributed by atoms with Crippen molar-refractivity contribution in [3.05, 3.63) is 65.2 Å². The van der Waals surface area contributed by atoms with Gasteiger partial charge in [-0.2, -0.15) is 0 Å². The molecule has 1 saturated heterocycles. The van der Waals surface area contributed by atoms with Gasteiger partial charge >= 0.3 is 5.97 Å². The van der Waals surface area contributed by atoms with Crippen LogP contribution in [0.15, 0.2) is 54.6 Å². The molecule has 1 aliphatic rings. The molecule has 0 saturated carbocycles. The largest absolute Gasteiger partial charge is 0.480 e. The first-order valence-electron chi connectivity index (χ1n) is 8.59. The van der Waals surface area contributed by atoms with Crippen LogP contribution in [-0.2, 0) is 19.1 Å². The maximum atomic E-state index is 12.9. The van der Waals surface area contributed by atoms with Gasteiger partial charge in [-0.3, -0.25) is 19.3 Å². The van der Waals surface area contributed by atoms with Crippen LogP contribution in [0.2, 0.25) is 5.02 Å². The first kappa shape index (κ1) is 19.9. The average molecular weight is 403 g/mol. The Morgan fingerprint density at radius 3 is 2.43 bits per heavy atom. The zero-order valence-corrected chi connectivity index (χ0v) is 15.9. The molecule has 3 rings (SSSR count). The number of carbonyl (C=O) groups is 3. The number of nitrogens with zero attached hydrogens (tertiary/aromatic N) is 2. The van der Waals surface area contributed by atoms with E-state index in [1.807, 2.05) is 6.07 Å². The fraction of sp³-hybridized carbons (Fsp3) is 0.250. The summed E-state index contributed by atoms with van der Waals surface area (Å²) in [6.07, 6.45) is -1.04. The Morgan fingerprint density at radius 1 is 1.18 bits per heavy atom. The SMILES string of the molecule is CN(CC(=O)O)C(=O)[C@@H]1OCC(=O)N(c2ccc(Cl)cc2)[C@@H]1c1ccccc1. The van der Waals surface area contributed by atoms with Crippen molar-refractivity contribution in [2.45, 2.75) is 12.1 Å². The van der Waals surface area contributed by atoms with Crippen molar-refractivity contribution in [3.8, 4) is 0 Å². The number of likely N-dealkylation sites (N-methyl/N-ethyl adjacent to an activating group) is 1. The number of carboxylic acid groups (broad SMARTS) is 1. The highest BCUT2D eigenvalue weighted by Gasteiger charge is 2.43. The van der Waals surface area contributed by atoms with Gasteiger partial charge in [0.05, 0.1) is 6.04 Å². The van der Waals surface area contributed by atoms with Crippen molar-refractivity contribution < 1.29 is 24.2 Å². The van der Waals surface area contributed by atoms with Crippen LogP contribution < -0.4 is 4.90 Å². The van der Waals surface area contributed by atoms with E-state index in [4.69, 9.17) is 21.4 Å². The summed E-state index contributed by atoms with van der Waals surface area (Å²) in [4.78, 5) is 39.3. The molecule has 0 aromatic heterocycles. The Balaban J connectivity index is 2.04. The summed E-state index contributed by atoms with van der Waals surface area (Å²) < 4.78 is 5.60. The van der Waals surface area contributed by atoms with Gasteiger partial charge in [-0.25, -0.2) is 0 Å². The Morgan fingerprint density at radius 2 is 1.82 bits per heavy atom. The molecule has 0 bridgehead atoms. The van der Waals surface area contributed by atoms with Gasteiger partial charge in [-0.1, -0.05) is 41.9 Å². The second-order valence-electron chi connectivity index (χ2n) is 6.42. The van der Waals surface area contributed by atoms with Gasteiger partial charge in [0.2, 0.25) is 0 Å². The molecule has 2 aromatic carbocycles. The van der Waals surface area contributed by atoms with E-state index in [-0.39, 0.29) is 12.5 Å². The number of aliphatic carboxylic acids is 1. The lowest BCUT2D eigenvalue weighted by Gasteiger charge is -2.41. The summed E-state index contributed by atoms with van der Waals surface area (Å²) in [7, 11) is 1.39. The van der Waals surface area contributed by atoms with E-state index in [9.17, 15) is 14.4 Å². The van der Waals surface area contributed by atoms with E-state index in [2.05, 4.69) is 0 Å². The van der Waals surface area contributed by atoms with Crippen LogP contribution in [0.3, 0.4) is 0 Å². The number of hydrogen-bond donors (Lipinski definition) is 1. The minimum absolute atomic E-state index is 0.288. The van der Waals surface area contributed by atoms with Crippen molar-refractivity contribution in [2.24, 2.45) is 0 Å². The predicted molar refractivity (Wildman–Crippen MR) is 103 cm³/mol.